The van der Waals surface area contributed by atoms with Crippen molar-refractivity contribution in [2.45, 2.75) is 50.8 Å². The highest BCUT2D eigenvalue weighted by Crippen LogP contribution is 2.25. The Kier molecular flexibility index (Phi) is 4.92. The van der Waals surface area contributed by atoms with Gasteiger partial charge in [0.2, 0.25) is 5.88 Å². The summed E-state index contributed by atoms with van der Waals surface area (Å²) in [5, 5.41) is 7.79. The molecule has 2 aliphatic rings. The van der Waals surface area contributed by atoms with Crippen LogP contribution in [0, 0.1) is 0 Å². The van der Waals surface area contributed by atoms with E-state index in [1.165, 1.54) is 12.4 Å². The largest absolute Gasteiger partial charge is 0.477 e. The van der Waals surface area contributed by atoms with Gasteiger partial charge in [0, 0.05) is 19.0 Å². The summed E-state index contributed by atoms with van der Waals surface area (Å²) in [6, 6.07) is 0.457. The Labute approximate surface area is 155 Å². The first kappa shape index (κ1) is 17.1. The SMILES string of the molecule is O=C(NC1CCC(Oc2ncc(Cl)cn2)CC1)c1cnn2c1OCCC2. The molecular formula is C17H20ClN5O3. The Hall–Kier alpha value is -2.35. The maximum Gasteiger partial charge on any atom is 0.316 e. The zero-order valence-electron chi connectivity index (χ0n) is 14.2. The van der Waals surface area contributed by atoms with Crippen molar-refractivity contribution in [1.82, 2.24) is 25.1 Å². The van der Waals surface area contributed by atoms with E-state index in [1.807, 2.05) is 0 Å². The van der Waals surface area contributed by atoms with Crippen molar-refractivity contribution in [2.75, 3.05) is 6.61 Å². The lowest BCUT2D eigenvalue weighted by molar-refractivity contribution is 0.0879. The van der Waals surface area contributed by atoms with E-state index in [0.29, 0.717) is 29.1 Å². The van der Waals surface area contributed by atoms with E-state index in [1.54, 1.807) is 10.9 Å². The molecule has 1 amide bonds. The van der Waals surface area contributed by atoms with Crippen LogP contribution in [0.4, 0.5) is 0 Å². The van der Waals surface area contributed by atoms with E-state index >= 15 is 0 Å². The van der Waals surface area contributed by atoms with Crippen LogP contribution in [0.3, 0.4) is 0 Å². The Morgan fingerprint density at radius 1 is 1.23 bits per heavy atom. The highest BCUT2D eigenvalue weighted by atomic mass is 35.5. The predicted octanol–water partition coefficient (Wildman–Crippen LogP) is 2.23. The third-order valence-electron chi connectivity index (χ3n) is 4.67. The minimum atomic E-state index is -0.126. The van der Waals surface area contributed by atoms with Crippen LogP contribution in [0.2, 0.25) is 5.02 Å². The molecule has 1 aliphatic heterocycles. The van der Waals surface area contributed by atoms with E-state index in [0.717, 1.165) is 38.6 Å². The number of hydrogen-bond acceptors (Lipinski definition) is 6. The summed E-state index contributed by atoms with van der Waals surface area (Å²) in [7, 11) is 0. The third kappa shape index (κ3) is 3.75. The first-order chi connectivity index (χ1) is 12.7. The number of halogens is 1. The smallest absolute Gasteiger partial charge is 0.316 e. The number of hydrogen-bond donors (Lipinski definition) is 1. The highest BCUT2D eigenvalue weighted by Gasteiger charge is 2.27. The van der Waals surface area contributed by atoms with Crippen molar-refractivity contribution in [3.05, 3.63) is 29.2 Å². The molecule has 3 heterocycles. The number of ether oxygens (including phenoxy) is 2. The van der Waals surface area contributed by atoms with Gasteiger partial charge in [0.25, 0.3) is 5.91 Å². The van der Waals surface area contributed by atoms with Gasteiger partial charge in [0.05, 0.1) is 30.2 Å². The first-order valence-corrected chi connectivity index (χ1v) is 9.20. The molecule has 0 unspecified atom stereocenters. The topological polar surface area (TPSA) is 91.2 Å². The van der Waals surface area contributed by atoms with Gasteiger partial charge < -0.3 is 14.8 Å². The number of fused-ring (bicyclic) bond motifs is 1. The van der Waals surface area contributed by atoms with Gasteiger partial charge in [-0.25, -0.2) is 14.6 Å². The predicted molar refractivity (Wildman–Crippen MR) is 93.5 cm³/mol. The lowest BCUT2D eigenvalue weighted by atomic mass is 9.93. The fourth-order valence-electron chi connectivity index (χ4n) is 3.32. The molecule has 2 aromatic rings. The Morgan fingerprint density at radius 2 is 2.00 bits per heavy atom. The van der Waals surface area contributed by atoms with Gasteiger partial charge in [-0.15, -0.1) is 0 Å². The minimum Gasteiger partial charge on any atom is -0.477 e. The number of amides is 1. The fraction of sp³-hybridized carbons (Fsp3) is 0.529. The Bertz CT molecular complexity index is 771. The van der Waals surface area contributed by atoms with Crippen LogP contribution in [0.1, 0.15) is 42.5 Å². The number of nitrogens with zero attached hydrogens (tertiary/aromatic N) is 4. The summed E-state index contributed by atoms with van der Waals surface area (Å²) in [6.45, 7) is 1.42. The van der Waals surface area contributed by atoms with Crippen LogP contribution >= 0.6 is 11.6 Å². The van der Waals surface area contributed by atoms with E-state index in [-0.39, 0.29) is 18.1 Å². The van der Waals surface area contributed by atoms with Crippen LogP contribution in [0.5, 0.6) is 11.9 Å². The number of aryl methyl sites for hydroxylation is 1. The van der Waals surface area contributed by atoms with Crippen LogP contribution < -0.4 is 14.8 Å². The zero-order chi connectivity index (χ0) is 17.9. The Morgan fingerprint density at radius 3 is 2.77 bits per heavy atom. The second kappa shape index (κ2) is 7.49. The zero-order valence-corrected chi connectivity index (χ0v) is 15.0. The summed E-state index contributed by atoms with van der Waals surface area (Å²) >= 11 is 5.77. The average molecular weight is 378 g/mol. The molecule has 0 atom stereocenters. The van der Waals surface area contributed by atoms with Crippen LogP contribution in [-0.4, -0.2) is 44.4 Å². The van der Waals surface area contributed by atoms with Gasteiger partial charge in [-0.2, -0.15) is 5.10 Å². The number of carbonyl (C=O) groups is 1. The lowest BCUT2D eigenvalue weighted by Crippen LogP contribution is -2.40. The average Bonchev–Trinajstić information content (AvgIpc) is 3.09. The quantitative estimate of drug-likeness (QED) is 0.878. The molecule has 26 heavy (non-hydrogen) atoms. The molecule has 9 heteroatoms. The van der Waals surface area contributed by atoms with E-state index in [4.69, 9.17) is 21.1 Å². The third-order valence-corrected chi connectivity index (χ3v) is 4.86. The molecular weight excluding hydrogens is 358 g/mol. The molecule has 0 aromatic carbocycles. The number of aromatic nitrogens is 4. The summed E-state index contributed by atoms with van der Waals surface area (Å²) in [6.07, 6.45) is 8.94. The maximum atomic E-state index is 12.5. The van der Waals surface area contributed by atoms with Crippen LogP contribution in [-0.2, 0) is 6.54 Å². The summed E-state index contributed by atoms with van der Waals surface area (Å²) in [4.78, 5) is 20.7. The fourth-order valence-corrected chi connectivity index (χ4v) is 3.42. The summed E-state index contributed by atoms with van der Waals surface area (Å²) in [5.41, 5.74) is 0.512. The lowest BCUT2D eigenvalue weighted by Gasteiger charge is -2.28. The number of carbonyl (C=O) groups excluding carboxylic acids is 1. The summed E-state index contributed by atoms with van der Waals surface area (Å²) < 4.78 is 13.1. The van der Waals surface area contributed by atoms with Crippen LogP contribution in [0.15, 0.2) is 18.6 Å². The van der Waals surface area contributed by atoms with Gasteiger partial charge in [-0.1, -0.05) is 11.6 Å². The monoisotopic (exact) mass is 377 g/mol. The van der Waals surface area contributed by atoms with E-state index < -0.39 is 0 Å². The normalized spacial score (nSPS) is 22.2. The molecule has 1 N–H and O–H groups in total. The maximum absolute atomic E-state index is 12.5. The van der Waals surface area contributed by atoms with Gasteiger partial charge in [-0.05, 0) is 25.7 Å². The van der Waals surface area contributed by atoms with E-state index in [9.17, 15) is 4.79 Å². The summed E-state index contributed by atoms with van der Waals surface area (Å²) in [5.74, 6) is 0.448. The molecule has 1 aliphatic carbocycles. The van der Waals surface area contributed by atoms with Gasteiger partial charge in [-0.3, -0.25) is 4.79 Å². The van der Waals surface area contributed by atoms with E-state index in [2.05, 4.69) is 20.4 Å². The first-order valence-electron chi connectivity index (χ1n) is 8.83. The molecule has 138 valence electrons. The molecule has 0 spiro atoms. The second-order valence-electron chi connectivity index (χ2n) is 6.54. The highest BCUT2D eigenvalue weighted by molar-refractivity contribution is 6.30. The number of nitrogens with one attached hydrogen (secondary N) is 1. The van der Waals surface area contributed by atoms with Gasteiger partial charge >= 0.3 is 6.01 Å². The Balaban J connectivity index is 1.29. The molecule has 0 saturated heterocycles. The molecule has 4 rings (SSSR count). The molecule has 0 radical (unpaired) electrons. The minimum absolute atomic E-state index is 0.0524. The van der Waals surface area contributed by atoms with Crippen molar-refractivity contribution in [3.63, 3.8) is 0 Å². The van der Waals surface area contributed by atoms with Crippen LogP contribution in [0.25, 0.3) is 0 Å². The second-order valence-corrected chi connectivity index (χ2v) is 6.97. The van der Waals surface area contributed by atoms with Gasteiger partial charge in [0.15, 0.2) is 0 Å². The van der Waals surface area contributed by atoms with Crippen molar-refractivity contribution < 1.29 is 14.3 Å². The standard InChI is InChI=1S/C17H20ClN5O3/c18-11-8-19-17(20-9-11)26-13-4-2-12(3-5-13)22-15(24)14-10-21-23-6-1-7-25-16(14)23/h8-10,12-13H,1-7H2,(H,22,24). The van der Waals surface area contributed by atoms with Crippen molar-refractivity contribution in [3.8, 4) is 11.9 Å². The molecule has 0 bridgehead atoms. The molecule has 8 nitrogen and oxygen atoms in total. The van der Waals surface area contributed by atoms with Crippen molar-refractivity contribution >= 4 is 17.5 Å². The molecule has 2 aromatic heterocycles. The number of rotatable bonds is 4. The van der Waals surface area contributed by atoms with Crippen molar-refractivity contribution in [1.29, 1.82) is 0 Å². The van der Waals surface area contributed by atoms with Gasteiger partial charge in [0.1, 0.15) is 11.7 Å². The molecule has 1 saturated carbocycles. The van der Waals surface area contributed by atoms with Crippen molar-refractivity contribution in [2.24, 2.45) is 0 Å². The molecule has 1 fully saturated rings.